The molecule has 5 heterocycles. The fourth-order valence-corrected chi connectivity index (χ4v) is 7.13. The fourth-order valence-electron chi connectivity index (χ4n) is 7.13. The molecular formula is C39H40N4O6. The molecule has 0 spiro atoms. The molecule has 0 unspecified atom stereocenters. The Hall–Kier alpha value is -5.51. The molecule has 10 heteroatoms. The van der Waals surface area contributed by atoms with Crippen molar-refractivity contribution < 1.29 is 29.0 Å². The highest BCUT2D eigenvalue weighted by Gasteiger charge is 2.41. The number of esters is 2. The third kappa shape index (κ3) is 5.92. The summed E-state index contributed by atoms with van der Waals surface area (Å²) in [5.41, 5.74) is 12.4. The van der Waals surface area contributed by atoms with Gasteiger partial charge in [0.15, 0.2) is 0 Å². The van der Waals surface area contributed by atoms with E-state index in [-0.39, 0.29) is 31.2 Å². The van der Waals surface area contributed by atoms with E-state index >= 15 is 0 Å². The van der Waals surface area contributed by atoms with Crippen molar-refractivity contribution in [1.29, 1.82) is 0 Å². The normalized spacial score (nSPS) is 17.6. The smallest absolute Gasteiger partial charge is 0.331 e. The minimum absolute atomic E-state index is 0.175. The van der Waals surface area contributed by atoms with Crippen LogP contribution in [-0.4, -0.2) is 57.2 Å². The van der Waals surface area contributed by atoms with Crippen LogP contribution < -0.4 is 0 Å². The lowest BCUT2D eigenvalue weighted by atomic mass is 9.72. The van der Waals surface area contributed by atoms with Crippen LogP contribution in [-0.2, 0) is 35.7 Å². The lowest BCUT2D eigenvalue weighted by molar-refractivity contribution is -0.141. The van der Waals surface area contributed by atoms with Crippen LogP contribution in [0.4, 0.5) is 0 Å². The van der Waals surface area contributed by atoms with E-state index in [1.807, 2.05) is 58.0 Å². The number of nitrogens with one attached hydrogen (secondary N) is 2. The highest BCUT2D eigenvalue weighted by Crippen LogP contribution is 2.49. The monoisotopic (exact) mass is 660 g/mol. The molecule has 0 amide bonds. The van der Waals surface area contributed by atoms with Crippen LogP contribution in [0.25, 0.3) is 38.9 Å². The molecule has 0 saturated carbocycles. The quantitative estimate of drug-likeness (QED) is 0.252. The second kappa shape index (κ2) is 12.8. The molecule has 8 bridgehead atoms. The van der Waals surface area contributed by atoms with Crippen LogP contribution in [0.15, 0.2) is 54.6 Å². The standard InChI is InChI=1S/C39H40N4O6/c1-8-24-20(2)29-16-34-27-12-9-23(38(46)47)19-39(27,5)35(43-34)18-30-22(4)26(11-14-37(45)49-7)33(42-30)17-32-25(10-13-36(44)48-6)21(3)28(41-32)15-31(24)40-29/h8-9,12,15-18,41,43H,1,10-11,13-14,19H2,2-7H3,(H,46,47)/t39-/m1/s1. The molecule has 6 rings (SSSR count). The van der Waals surface area contributed by atoms with Crippen molar-refractivity contribution in [1.82, 2.24) is 19.9 Å². The van der Waals surface area contributed by atoms with Gasteiger partial charge in [-0.05, 0) is 105 Å². The Kier molecular flexibility index (Phi) is 8.75. The summed E-state index contributed by atoms with van der Waals surface area (Å²) in [6.45, 7) is 12.1. The maximum atomic E-state index is 12.3. The van der Waals surface area contributed by atoms with Gasteiger partial charge in [0.25, 0.3) is 0 Å². The molecule has 0 saturated heterocycles. The first-order chi connectivity index (χ1) is 23.4. The first-order valence-corrected chi connectivity index (χ1v) is 16.2. The van der Waals surface area contributed by atoms with Crippen molar-refractivity contribution in [3.8, 4) is 0 Å². The van der Waals surface area contributed by atoms with Crippen LogP contribution in [0, 0.1) is 6.92 Å². The summed E-state index contributed by atoms with van der Waals surface area (Å²) in [6.07, 6.45) is 6.87. The Bertz CT molecular complexity index is 2160. The molecular weight excluding hydrogens is 620 g/mol. The number of carboxylic acids is 1. The number of carbonyl (C=O) groups is 3. The van der Waals surface area contributed by atoms with Crippen molar-refractivity contribution in [3.05, 3.63) is 99.9 Å². The molecule has 49 heavy (non-hydrogen) atoms. The number of carbonyl (C=O) groups excluding carboxylic acids is 2. The number of hydrogen-bond acceptors (Lipinski definition) is 7. The first-order valence-electron chi connectivity index (χ1n) is 16.2. The van der Waals surface area contributed by atoms with Gasteiger partial charge < -0.3 is 24.5 Å². The van der Waals surface area contributed by atoms with E-state index < -0.39 is 11.4 Å². The number of H-pyrrole nitrogens is 2. The van der Waals surface area contributed by atoms with Gasteiger partial charge in [0, 0.05) is 51.8 Å². The fraction of sp³-hybridized carbons (Fsp3) is 0.308. The summed E-state index contributed by atoms with van der Waals surface area (Å²) < 4.78 is 9.92. The SMILES string of the molecule is C=CC1=C(C)c2cc3[nH]c(cc4nc(cc5[nH]c(cc1n2)c(C)c5CCC(=O)OC)C(CCC(=O)OC)=C4C)[C@]1(C)CC(C(=O)O)=CC=C31. The predicted molar refractivity (Wildman–Crippen MR) is 189 cm³/mol. The van der Waals surface area contributed by atoms with Gasteiger partial charge in [0.1, 0.15) is 0 Å². The molecule has 0 radical (unpaired) electrons. The van der Waals surface area contributed by atoms with E-state index in [4.69, 9.17) is 19.4 Å². The lowest BCUT2D eigenvalue weighted by Crippen LogP contribution is -2.25. The van der Waals surface area contributed by atoms with Crippen molar-refractivity contribution in [2.75, 3.05) is 14.2 Å². The third-order valence-electron chi connectivity index (χ3n) is 10.1. The van der Waals surface area contributed by atoms with Gasteiger partial charge in [-0.25, -0.2) is 14.8 Å². The summed E-state index contributed by atoms with van der Waals surface area (Å²) >= 11 is 0. The molecule has 3 N–H and O–H groups in total. The number of rotatable bonds is 8. The number of methoxy groups -OCH3 is 2. The molecule has 1 aliphatic carbocycles. The van der Waals surface area contributed by atoms with Gasteiger partial charge in [-0.2, -0.15) is 0 Å². The topological polar surface area (TPSA) is 147 Å². The van der Waals surface area contributed by atoms with E-state index in [2.05, 4.69) is 16.5 Å². The Morgan fingerprint density at radius 3 is 2.20 bits per heavy atom. The third-order valence-corrected chi connectivity index (χ3v) is 10.1. The zero-order valence-electron chi connectivity index (χ0n) is 28.7. The minimum atomic E-state index is -0.955. The summed E-state index contributed by atoms with van der Waals surface area (Å²) in [7, 11) is 2.75. The van der Waals surface area contributed by atoms with Crippen molar-refractivity contribution in [2.24, 2.45) is 0 Å². The number of nitrogens with zero attached hydrogens (tertiary/aromatic N) is 2. The highest BCUT2D eigenvalue weighted by atomic mass is 16.5. The Morgan fingerprint density at radius 2 is 1.53 bits per heavy atom. The van der Waals surface area contributed by atoms with Crippen LogP contribution in [0.3, 0.4) is 0 Å². The average molecular weight is 661 g/mol. The molecule has 1 atom stereocenters. The summed E-state index contributed by atoms with van der Waals surface area (Å²) in [4.78, 5) is 54.0. The minimum Gasteiger partial charge on any atom is -0.478 e. The van der Waals surface area contributed by atoms with Gasteiger partial charge >= 0.3 is 17.9 Å². The molecule has 2 aromatic rings. The number of allylic oxidation sites excluding steroid dienone is 8. The Morgan fingerprint density at radius 1 is 0.878 bits per heavy atom. The summed E-state index contributed by atoms with van der Waals surface area (Å²) in [6, 6.07) is 7.97. The Labute approximate surface area is 284 Å². The number of carboxylic acid groups (broad SMARTS) is 1. The largest absolute Gasteiger partial charge is 0.478 e. The number of fused-ring (bicyclic) bond motifs is 11. The maximum absolute atomic E-state index is 12.3. The van der Waals surface area contributed by atoms with Crippen LogP contribution in [0.1, 0.15) is 91.7 Å². The van der Waals surface area contributed by atoms with E-state index in [1.165, 1.54) is 14.2 Å². The number of aryl methyl sites for hydroxylation is 2. The van der Waals surface area contributed by atoms with E-state index in [0.717, 1.165) is 72.8 Å². The highest BCUT2D eigenvalue weighted by molar-refractivity contribution is 5.98. The van der Waals surface area contributed by atoms with Crippen LogP contribution in [0.5, 0.6) is 0 Å². The van der Waals surface area contributed by atoms with Gasteiger partial charge in [0.2, 0.25) is 0 Å². The predicted octanol–water partition coefficient (Wildman–Crippen LogP) is 7.21. The number of aliphatic carboxylic acids is 1. The Balaban J connectivity index is 1.71. The molecule has 0 fully saturated rings. The van der Waals surface area contributed by atoms with Crippen LogP contribution in [0.2, 0.25) is 0 Å². The average Bonchev–Trinajstić information content (AvgIpc) is 3.73. The van der Waals surface area contributed by atoms with Crippen molar-refractivity contribution in [2.45, 2.75) is 65.2 Å². The maximum Gasteiger partial charge on any atom is 0.331 e. The summed E-state index contributed by atoms with van der Waals surface area (Å²) in [5.74, 6) is -1.59. The van der Waals surface area contributed by atoms with Gasteiger partial charge in [-0.1, -0.05) is 24.8 Å². The molecule has 3 aliphatic heterocycles. The number of aromatic nitrogens is 4. The van der Waals surface area contributed by atoms with Gasteiger partial charge in [-0.3, -0.25) is 9.59 Å². The molecule has 252 valence electrons. The molecule has 4 aliphatic rings. The zero-order valence-corrected chi connectivity index (χ0v) is 28.7. The zero-order chi connectivity index (χ0) is 35.2. The molecule has 0 aromatic carbocycles. The van der Waals surface area contributed by atoms with Crippen molar-refractivity contribution >= 4 is 56.8 Å². The number of aromatic amines is 2. The second-order valence-electron chi connectivity index (χ2n) is 12.9. The first kappa shape index (κ1) is 33.4. The number of ether oxygens (including phenoxy) is 2. The van der Waals surface area contributed by atoms with Crippen molar-refractivity contribution in [3.63, 3.8) is 0 Å². The lowest BCUT2D eigenvalue weighted by Gasteiger charge is -2.29. The van der Waals surface area contributed by atoms with E-state index in [0.29, 0.717) is 29.8 Å². The van der Waals surface area contributed by atoms with E-state index in [1.54, 1.807) is 12.2 Å². The molecule has 10 nitrogen and oxygen atoms in total. The number of hydrogen-bond donors (Lipinski definition) is 3. The van der Waals surface area contributed by atoms with Crippen LogP contribution >= 0.6 is 0 Å². The summed E-state index contributed by atoms with van der Waals surface area (Å²) in [5, 5.41) is 9.95. The van der Waals surface area contributed by atoms with E-state index in [9.17, 15) is 19.5 Å². The van der Waals surface area contributed by atoms with Gasteiger partial charge in [-0.15, -0.1) is 0 Å². The second-order valence-corrected chi connectivity index (χ2v) is 12.9. The van der Waals surface area contributed by atoms with Gasteiger partial charge in [0.05, 0.1) is 37.0 Å². The molecule has 2 aromatic heterocycles.